The van der Waals surface area contributed by atoms with E-state index in [1.807, 2.05) is 31.2 Å². The van der Waals surface area contributed by atoms with Crippen LogP contribution in [-0.4, -0.2) is 77.5 Å². The fraction of sp³-hybridized carbons (Fsp3) is 0.387. The molecule has 2 atom stereocenters. The highest BCUT2D eigenvalue weighted by atomic mass is 127. The van der Waals surface area contributed by atoms with Gasteiger partial charge in [-0.05, 0) is 95.3 Å². The molecule has 1 N–H and O–H groups in total. The number of anilines is 2. The van der Waals surface area contributed by atoms with E-state index >= 15 is 0 Å². The second kappa shape index (κ2) is 12.5. The number of benzene rings is 1. The number of methoxy groups -OCH3 is 1. The molecule has 3 aliphatic rings. The summed E-state index contributed by atoms with van der Waals surface area (Å²) in [5.74, 6) is 1.72. The molecule has 2 aliphatic heterocycles. The molecule has 2 aromatic heterocycles. The quantitative estimate of drug-likeness (QED) is 0.253. The van der Waals surface area contributed by atoms with Crippen LogP contribution in [0.1, 0.15) is 28.8 Å². The summed E-state index contributed by atoms with van der Waals surface area (Å²) in [6.45, 7) is 3.01. The summed E-state index contributed by atoms with van der Waals surface area (Å²) in [4.78, 5) is 51.4. The number of ether oxygens (including phenoxy) is 3. The van der Waals surface area contributed by atoms with Gasteiger partial charge in [0.25, 0.3) is 5.91 Å². The molecule has 0 radical (unpaired) electrons. The fourth-order valence-corrected chi connectivity index (χ4v) is 6.75. The Morgan fingerprint density at radius 3 is 2.70 bits per heavy atom. The van der Waals surface area contributed by atoms with Crippen LogP contribution in [0.5, 0.6) is 11.5 Å². The summed E-state index contributed by atoms with van der Waals surface area (Å²) >= 11 is 2.21. The van der Waals surface area contributed by atoms with Crippen molar-refractivity contribution in [2.24, 2.45) is 5.92 Å². The molecule has 0 spiro atoms. The number of fused-ring (bicyclic) bond motifs is 2. The molecule has 3 amide bonds. The van der Waals surface area contributed by atoms with Crippen LogP contribution >= 0.6 is 22.6 Å². The number of carbonyl (C=O) groups is 3. The van der Waals surface area contributed by atoms with Crippen LogP contribution in [0.2, 0.25) is 0 Å². The molecule has 0 bridgehead atoms. The Bertz CT molecular complexity index is 1600. The molecule has 3 aromatic rings. The minimum atomic E-state index is -0.996. The van der Waals surface area contributed by atoms with Gasteiger partial charge in [0.1, 0.15) is 21.4 Å². The second-order valence-electron chi connectivity index (χ2n) is 11.2. The summed E-state index contributed by atoms with van der Waals surface area (Å²) in [5, 5.41) is 9.93. The van der Waals surface area contributed by atoms with E-state index in [1.165, 1.54) is 25.8 Å². The lowest BCUT2D eigenvalue weighted by atomic mass is 10.1. The van der Waals surface area contributed by atoms with Crippen LogP contribution in [-0.2, 0) is 28.9 Å². The van der Waals surface area contributed by atoms with E-state index in [4.69, 9.17) is 14.2 Å². The third-order valence-corrected chi connectivity index (χ3v) is 8.80. The lowest BCUT2D eigenvalue weighted by Gasteiger charge is -2.29. The number of rotatable bonds is 9. The van der Waals surface area contributed by atoms with Gasteiger partial charge in [-0.1, -0.05) is 12.1 Å². The SMILES string of the molecule is COc1ccc(CN2C(=O)COc3ccc(N4CC(CCN(CC5Cc6cc(I)nc(C)c6C5)C(=O)O)OC4=O)nc32)cc1. The number of hydrogen-bond acceptors (Lipinski definition) is 8. The van der Waals surface area contributed by atoms with Crippen molar-refractivity contribution >= 4 is 52.3 Å². The number of amides is 3. The lowest BCUT2D eigenvalue weighted by Crippen LogP contribution is -2.39. The van der Waals surface area contributed by atoms with Gasteiger partial charge in [0, 0.05) is 25.2 Å². The number of carboxylic acid groups (broad SMARTS) is 1. The highest BCUT2D eigenvalue weighted by Gasteiger charge is 2.36. The Labute approximate surface area is 268 Å². The van der Waals surface area contributed by atoms with E-state index in [-0.39, 0.29) is 38.1 Å². The van der Waals surface area contributed by atoms with Crippen molar-refractivity contribution in [2.45, 2.75) is 38.8 Å². The first-order valence-electron chi connectivity index (χ1n) is 14.4. The summed E-state index contributed by atoms with van der Waals surface area (Å²) in [5.41, 5.74) is 4.34. The van der Waals surface area contributed by atoms with Crippen molar-refractivity contribution in [1.29, 1.82) is 0 Å². The topological polar surface area (TPSA) is 135 Å². The molecular weight excluding hydrogens is 681 g/mol. The third-order valence-electron chi connectivity index (χ3n) is 8.25. The van der Waals surface area contributed by atoms with Crippen molar-refractivity contribution in [1.82, 2.24) is 14.9 Å². The van der Waals surface area contributed by atoms with E-state index < -0.39 is 18.3 Å². The van der Waals surface area contributed by atoms with Crippen LogP contribution in [0.3, 0.4) is 0 Å². The maximum atomic E-state index is 12.9. The number of halogens is 1. The molecule has 13 heteroatoms. The first kappa shape index (κ1) is 29.9. The summed E-state index contributed by atoms with van der Waals surface area (Å²) in [7, 11) is 1.59. The van der Waals surface area contributed by atoms with Crippen molar-refractivity contribution in [3.8, 4) is 11.5 Å². The highest BCUT2D eigenvalue weighted by Crippen LogP contribution is 2.35. The van der Waals surface area contributed by atoms with Gasteiger partial charge in [0.15, 0.2) is 18.2 Å². The number of pyridine rings is 2. The van der Waals surface area contributed by atoms with Gasteiger partial charge < -0.3 is 24.2 Å². The molecular formula is C31H32IN5O7. The zero-order valence-corrected chi connectivity index (χ0v) is 26.5. The Kier molecular flexibility index (Phi) is 8.47. The predicted molar refractivity (Wildman–Crippen MR) is 168 cm³/mol. The van der Waals surface area contributed by atoms with Gasteiger partial charge >= 0.3 is 12.2 Å². The maximum absolute atomic E-state index is 12.9. The van der Waals surface area contributed by atoms with Crippen LogP contribution in [0.15, 0.2) is 42.5 Å². The van der Waals surface area contributed by atoms with Crippen LogP contribution in [0.4, 0.5) is 21.2 Å². The largest absolute Gasteiger partial charge is 0.497 e. The number of cyclic esters (lactones) is 1. The molecule has 2 unspecified atom stereocenters. The minimum absolute atomic E-state index is 0.110. The third kappa shape index (κ3) is 6.23. The monoisotopic (exact) mass is 713 g/mol. The molecule has 4 heterocycles. The normalized spacial score (nSPS) is 18.9. The standard InChI is InChI=1S/C31H32IN5O7/c1-18-24-12-20(11-21(24)13-26(32)33-18)14-35(30(39)40)10-9-23-16-36(31(41)44-23)27-8-7-25-29(34-27)37(28(38)17-43-25)15-19-3-5-22(42-2)6-4-19/h3-8,13,20,23H,9-12,14-17H2,1-2H3,(H,39,40). The first-order chi connectivity index (χ1) is 21.2. The van der Waals surface area contributed by atoms with Gasteiger partial charge in [-0.2, -0.15) is 0 Å². The summed E-state index contributed by atoms with van der Waals surface area (Å²) in [6.07, 6.45) is -0.113. The van der Waals surface area contributed by atoms with Crippen LogP contribution < -0.4 is 19.3 Å². The Morgan fingerprint density at radius 2 is 1.95 bits per heavy atom. The minimum Gasteiger partial charge on any atom is -0.497 e. The van der Waals surface area contributed by atoms with Gasteiger partial charge in [0.2, 0.25) is 0 Å². The first-order valence-corrected chi connectivity index (χ1v) is 15.4. The van der Waals surface area contributed by atoms with Gasteiger partial charge in [0.05, 0.1) is 20.2 Å². The van der Waals surface area contributed by atoms with Crippen molar-refractivity contribution in [3.05, 3.63) is 68.5 Å². The van der Waals surface area contributed by atoms with Crippen molar-refractivity contribution in [3.63, 3.8) is 0 Å². The average Bonchev–Trinajstić information content (AvgIpc) is 3.59. The number of carbonyl (C=O) groups excluding carboxylic acids is 2. The smallest absolute Gasteiger partial charge is 0.415 e. The number of nitrogens with zero attached hydrogens (tertiary/aromatic N) is 5. The van der Waals surface area contributed by atoms with E-state index in [1.54, 1.807) is 19.2 Å². The molecule has 6 rings (SSSR count). The second-order valence-corrected chi connectivity index (χ2v) is 12.3. The van der Waals surface area contributed by atoms with Gasteiger partial charge in [-0.25, -0.2) is 19.6 Å². The van der Waals surface area contributed by atoms with Crippen LogP contribution in [0, 0.1) is 16.5 Å². The van der Waals surface area contributed by atoms with Crippen molar-refractivity contribution < 1.29 is 33.7 Å². The van der Waals surface area contributed by atoms with E-state index in [0.717, 1.165) is 27.8 Å². The van der Waals surface area contributed by atoms with E-state index in [9.17, 15) is 19.5 Å². The Morgan fingerprint density at radius 1 is 1.16 bits per heavy atom. The molecule has 1 aromatic carbocycles. The fourth-order valence-electron chi connectivity index (χ4n) is 6.01. The number of aromatic nitrogens is 2. The Hall–Kier alpha value is -4.14. The predicted octanol–water partition coefficient (Wildman–Crippen LogP) is 4.43. The van der Waals surface area contributed by atoms with Gasteiger partial charge in [-0.15, -0.1) is 0 Å². The lowest BCUT2D eigenvalue weighted by molar-refractivity contribution is -0.121. The average molecular weight is 714 g/mol. The summed E-state index contributed by atoms with van der Waals surface area (Å²) < 4.78 is 17.4. The van der Waals surface area contributed by atoms with E-state index in [0.29, 0.717) is 36.1 Å². The Balaban J connectivity index is 1.10. The molecule has 44 heavy (non-hydrogen) atoms. The number of hydrogen-bond donors (Lipinski definition) is 1. The molecule has 12 nitrogen and oxygen atoms in total. The highest BCUT2D eigenvalue weighted by molar-refractivity contribution is 14.1. The zero-order chi connectivity index (χ0) is 31.0. The molecule has 1 saturated heterocycles. The number of aryl methyl sites for hydroxylation is 1. The van der Waals surface area contributed by atoms with Crippen LogP contribution in [0.25, 0.3) is 0 Å². The molecule has 1 fully saturated rings. The zero-order valence-electron chi connectivity index (χ0n) is 24.4. The summed E-state index contributed by atoms with van der Waals surface area (Å²) in [6, 6.07) is 12.8. The maximum Gasteiger partial charge on any atom is 0.415 e. The van der Waals surface area contributed by atoms with Gasteiger partial charge in [-0.3, -0.25) is 14.6 Å². The molecule has 1 aliphatic carbocycles. The van der Waals surface area contributed by atoms with Crippen molar-refractivity contribution in [2.75, 3.05) is 43.2 Å². The van der Waals surface area contributed by atoms with E-state index in [2.05, 4.69) is 38.6 Å². The molecule has 0 saturated carbocycles. The molecule has 230 valence electrons.